The summed E-state index contributed by atoms with van der Waals surface area (Å²) in [5.74, 6) is 1.68. The van der Waals surface area contributed by atoms with E-state index in [1.165, 1.54) is 31.5 Å². The van der Waals surface area contributed by atoms with Gasteiger partial charge in [0.05, 0.1) is 10.0 Å². The van der Waals surface area contributed by atoms with Gasteiger partial charge in [-0.05, 0) is 48.8 Å². The van der Waals surface area contributed by atoms with Gasteiger partial charge in [-0.25, -0.2) is 0 Å². The summed E-state index contributed by atoms with van der Waals surface area (Å²) in [6.07, 6.45) is 3.89. The topological polar surface area (TPSA) is 3.24 Å². The first kappa shape index (κ1) is 15.2. The van der Waals surface area contributed by atoms with Crippen molar-refractivity contribution in [3.8, 4) is 0 Å². The van der Waals surface area contributed by atoms with Crippen molar-refractivity contribution < 1.29 is 0 Å². The van der Waals surface area contributed by atoms with E-state index in [1.807, 2.05) is 12.1 Å². The molecule has 0 amide bonds. The number of rotatable bonds is 7. The molecule has 106 valence electrons. The number of benzene rings is 1. The molecule has 1 aliphatic carbocycles. The molecule has 0 saturated heterocycles. The van der Waals surface area contributed by atoms with Crippen molar-refractivity contribution in [2.45, 2.75) is 33.1 Å². The van der Waals surface area contributed by atoms with Crippen LogP contribution in [0, 0.1) is 11.8 Å². The average molecular weight is 300 g/mol. The van der Waals surface area contributed by atoms with Crippen LogP contribution < -0.4 is 0 Å². The average Bonchev–Trinajstić information content (AvgIpc) is 3.13. The summed E-state index contributed by atoms with van der Waals surface area (Å²) in [5, 5.41) is 1.30. The predicted octanol–water partition coefficient (Wildman–Crippen LogP) is 4.90. The molecule has 0 heterocycles. The Kier molecular flexibility index (Phi) is 5.56. The van der Waals surface area contributed by atoms with Gasteiger partial charge in [0.25, 0.3) is 0 Å². The Labute approximate surface area is 126 Å². The molecule has 0 N–H and O–H groups in total. The molecular formula is C16H23Cl2N. The number of halogens is 2. The lowest BCUT2D eigenvalue weighted by atomic mass is 10.1. The minimum absolute atomic E-state index is 0.641. The van der Waals surface area contributed by atoms with Crippen molar-refractivity contribution in [3.63, 3.8) is 0 Å². The van der Waals surface area contributed by atoms with E-state index in [9.17, 15) is 0 Å². The van der Waals surface area contributed by atoms with E-state index in [2.05, 4.69) is 24.8 Å². The van der Waals surface area contributed by atoms with Gasteiger partial charge in [0.2, 0.25) is 0 Å². The van der Waals surface area contributed by atoms with Gasteiger partial charge >= 0.3 is 0 Å². The van der Waals surface area contributed by atoms with Crippen LogP contribution in [-0.4, -0.2) is 24.5 Å². The van der Waals surface area contributed by atoms with Crippen LogP contribution >= 0.6 is 23.2 Å². The zero-order valence-corrected chi connectivity index (χ0v) is 13.3. The van der Waals surface area contributed by atoms with Crippen LogP contribution in [0.25, 0.3) is 0 Å². The molecule has 0 aliphatic heterocycles. The van der Waals surface area contributed by atoms with Crippen molar-refractivity contribution in [1.82, 2.24) is 4.90 Å². The molecule has 0 atom stereocenters. The van der Waals surface area contributed by atoms with E-state index < -0.39 is 0 Å². The lowest BCUT2D eigenvalue weighted by molar-refractivity contribution is 0.237. The van der Waals surface area contributed by atoms with Crippen molar-refractivity contribution in [2.75, 3.05) is 19.6 Å². The Balaban J connectivity index is 1.87. The summed E-state index contributed by atoms with van der Waals surface area (Å²) in [4.78, 5) is 2.60. The van der Waals surface area contributed by atoms with Crippen LogP contribution in [0.4, 0.5) is 0 Å². The molecule has 0 unspecified atom stereocenters. The van der Waals surface area contributed by atoms with E-state index in [0.717, 1.165) is 24.8 Å². The molecule has 0 bridgehead atoms. The molecule has 1 nitrogen and oxygen atoms in total. The van der Waals surface area contributed by atoms with Crippen LogP contribution in [0.3, 0.4) is 0 Å². The van der Waals surface area contributed by atoms with E-state index >= 15 is 0 Å². The third-order valence-electron chi connectivity index (χ3n) is 3.54. The maximum absolute atomic E-state index is 6.06. The monoisotopic (exact) mass is 299 g/mol. The second-order valence-corrected chi connectivity index (χ2v) is 6.91. The third-order valence-corrected chi connectivity index (χ3v) is 4.28. The minimum Gasteiger partial charge on any atom is -0.302 e. The molecule has 1 aliphatic rings. The molecule has 0 aromatic heterocycles. The highest BCUT2D eigenvalue weighted by molar-refractivity contribution is 6.42. The van der Waals surface area contributed by atoms with Crippen molar-refractivity contribution in [2.24, 2.45) is 11.8 Å². The Bertz CT molecular complexity index is 409. The molecule has 2 rings (SSSR count). The summed E-state index contributed by atoms with van der Waals surface area (Å²) in [6, 6.07) is 5.97. The van der Waals surface area contributed by atoms with Gasteiger partial charge in [-0.3, -0.25) is 0 Å². The van der Waals surface area contributed by atoms with Gasteiger partial charge in [-0.2, -0.15) is 0 Å². The first-order chi connectivity index (χ1) is 9.04. The Morgan fingerprint density at radius 1 is 1.21 bits per heavy atom. The second-order valence-electron chi connectivity index (χ2n) is 6.10. The molecule has 3 heteroatoms. The van der Waals surface area contributed by atoms with Gasteiger partial charge in [0.15, 0.2) is 0 Å². The van der Waals surface area contributed by atoms with Crippen LogP contribution in [-0.2, 0) is 6.42 Å². The van der Waals surface area contributed by atoms with E-state index in [0.29, 0.717) is 10.0 Å². The number of nitrogens with zero attached hydrogens (tertiary/aromatic N) is 1. The first-order valence-corrected chi connectivity index (χ1v) is 7.96. The standard InChI is InChI=1S/C16H23Cl2N/c1-12(2)10-19(11-14-3-4-14)8-7-13-5-6-15(17)16(18)9-13/h5-6,9,12,14H,3-4,7-8,10-11H2,1-2H3. The SMILES string of the molecule is CC(C)CN(CCc1ccc(Cl)c(Cl)c1)CC1CC1. The fourth-order valence-electron chi connectivity index (χ4n) is 2.42. The summed E-state index contributed by atoms with van der Waals surface area (Å²) in [5.41, 5.74) is 1.28. The Morgan fingerprint density at radius 2 is 1.95 bits per heavy atom. The molecule has 0 spiro atoms. The first-order valence-electron chi connectivity index (χ1n) is 7.21. The molecule has 1 aromatic carbocycles. The maximum Gasteiger partial charge on any atom is 0.0595 e. The maximum atomic E-state index is 6.06. The molecule has 1 aromatic rings. The van der Waals surface area contributed by atoms with Gasteiger partial charge in [-0.15, -0.1) is 0 Å². The Morgan fingerprint density at radius 3 is 2.53 bits per heavy atom. The highest BCUT2D eigenvalue weighted by Gasteiger charge is 2.24. The normalized spacial score (nSPS) is 15.5. The van der Waals surface area contributed by atoms with E-state index in [1.54, 1.807) is 0 Å². The van der Waals surface area contributed by atoms with Crippen molar-refractivity contribution >= 4 is 23.2 Å². The lowest BCUT2D eigenvalue weighted by Gasteiger charge is -2.24. The number of hydrogen-bond acceptors (Lipinski definition) is 1. The highest BCUT2D eigenvalue weighted by Crippen LogP contribution is 2.30. The minimum atomic E-state index is 0.641. The molecule has 1 fully saturated rings. The second kappa shape index (κ2) is 6.97. The quantitative estimate of drug-likeness (QED) is 0.692. The van der Waals surface area contributed by atoms with Crippen LogP contribution in [0.1, 0.15) is 32.3 Å². The van der Waals surface area contributed by atoms with Crippen LogP contribution in [0.15, 0.2) is 18.2 Å². The summed E-state index contributed by atoms with van der Waals surface area (Å²) < 4.78 is 0. The van der Waals surface area contributed by atoms with Gasteiger partial charge < -0.3 is 4.90 Å². The lowest BCUT2D eigenvalue weighted by Crippen LogP contribution is -2.31. The fourth-order valence-corrected chi connectivity index (χ4v) is 2.74. The largest absolute Gasteiger partial charge is 0.302 e. The summed E-state index contributed by atoms with van der Waals surface area (Å²) in [7, 11) is 0. The highest BCUT2D eigenvalue weighted by atomic mass is 35.5. The Hall–Kier alpha value is -0.240. The molecule has 19 heavy (non-hydrogen) atoms. The van der Waals surface area contributed by atoms with Gasteiger partial charge in [0.1, 0.15) is 0 Å². The van der Waals surface area contributed by atoms with Crippen LogP contribution in [0.2, 0.25) is 10.0 Å². The van der Waals surface area contributed by atoms with Crippen molar-refractivity contribution in [3.05, 3.63) is 33.8 Å². The third kappa shape index (κ3) is 5.33. The van der Waals surface area contributed by atoms with Gasteiger partial charge in [-0.1, -0.05) is 43.1 Å². The molecule has 0 radical (unpaired) electrons. The number of hydrogen-bond donors (Lipinski definition) is 0. The molecular weight excluding hydrogens is 277 g/mol. The fraction of sp³-hybridized carbons (Fsp3) is 0.625. The van der Waals surface area contributed by atoms with E-state index in [-0.39, 0.29) is 0 Å². The summed E-state index contributed by atoms with van der Waals surface area (Å²) >= 11 is 12.0. The summed E-state index contributed by atoms with van der Waals surface area (Å²) in [6.45, 7) is 8.15. The zero-order chi connectivity index (χ0) is 13.8. The smallest absolute Gasteiger partial charge is 0.0595 e. The van der Waals surface area contributed by atoms with Gasteiger partial charge in [0, 0.05) is 19.6 Å². The van der Waals surface area contributed by atoms with Crippen molar-refractivity contribution in [1.29, 1.82) is 0 Å². The van der Waals surface area contributed by atoms with E-state index in [4.69, 9.17) is 23.2 Å². The zero-order valence-electron chi connectivity index (χ0n) is 11.8. The van der Waals surface area contributed by atoms with Crippen LogP contribution in [0.5, 0.6) is 0 Å². The predicted molar refractivity (Wildman–Crippen MR) is 84.2 cm³/mol. The molecule has 1 saturated carbocycles.